The van der Waals surface area contributed by atoms with Crippen molar-refractivity contribution in [1.82, 2.24) is 0 Å². The molecule has 0 aromatic heterocycles. The SMILES string of the molecule is CC(C)(C)c1cc(-c2cc(C(C)(C)C)cc(C(C)(C)C)c2O)c(O)c(C(C)(C)C)c1.C[Si](C)(C)[CH-][Si](C)(C)C.[La]. The quantitative estimate of drug-likeness (QED) is 0.246. The first kappa shape index (κ1) is 39.7. The molecule has 2 nitrogen and oxygen atoms in total. The number of phenols is 2. The van der Waals surface area contributed by atoms with Crippen LogP contribution in [0.4, 0.5) is 0 Å². The second kappa shape index (κ2) is 13.1. The number of hydrogen-bond acceptors (Lipinski definition) is 2. The van der Waals surface area contributed by atoms with Crippen LogP contribution in [0.25, 0.3) is 11.1 Å². The molecule has 0 aliphatic heterocycles. The Morgan fingerprint density at radius 2 is 0.725 bits per heavy atom. The number of phenolic OH excluding ortho intramolecular Hbond substituents is 2. The van der Waals surface area contributed by atoms with E-state index in [0.29, 0.717) is 11.1 Å². The van der Waals surface area contributed by atoms with Crippen molar-refractivity contribution in [2.24, 2.45) is 0 Å². The fraction of sp³-hybridized carbons (Fsp3) is 0.629. The van der Waals surface area contributed by atoms with Crippen LogP contribution in [-0.4, -0.2) is 26.4 Å². The molecule has 0 aliphatic rings. The molecule has 0 saturated carbocycles. The Labute approximate surface area is 278 Å². The molecule has 40 heavy (non-hydrogen) atoms. The van der Waals surface area contributed by atoms with Crippen LogP contribution < -0.4 is 0 Å². The first-order chi connectivity index (χ1) is 16.9. The van der Waals surface area contributed by atoms with Gasteiger partial charge in [0.05, 0.1) is 0 Å². The Morgan fingerprint density at radius 3 is 0.875 bits per heavy atom. The molecule has 0 aliphatic carbocycles. The number of hydrogen-bond donors (Lipinski definition) is 2. The zero-order valence-electron chi connectivity index (χ0n) is 29.4. The summed E-state index contributed by atoms with van der Waals surface area (Å²) in [5.74, 6) is 0.522. The minimum absolute atomic E-state index is 0. The molecule has 2 aromatic rings. The van der Waals surface area contributed by atoms with Crippen molar-refractivity contribution < 1.29 is 45.8 Å². The van der Waals surface area contributed by atoms with Gasteiger partial charge in [-0.25, -0.2) is 0 Å². The molecule has 0 bridgehead atoms. The maximum absolute atomic E-state index is 11.4. The van der Waals surface area contributed by atoms with Crippen molar-refractivity contribution in [2.45, 2.75) is 144 Å². The summed E-state index contributed by atoms with van der Waals surface area (Å²) in [7, 11) is -1.71. The normalized spacial score (nSPS) is 13.3. The molecule has 0 amide bonds. The predicted molar refractivity (Wildman–Crippen MR) is 181 cm³/mol. The average molecular weight is 709 g/mol. The van der Waals surface area contributed by atoms with Crippen LogP contribution in [0.2, 0.25) is 39.3 Å². The third kappa shape index (κ3) is 11.7. The monoisotopic (exact) mass is 708 g/mol. The Balaban J connectivity index is 0.00000131. The van der Waals surface area contributed by atoms with E-state index in [1.165, 1.54) is 0 Å². The van der Waals surface area contributed by atoms with Crippen molar-refractivity contribution in [2.75, 3.05) is 0 Å². The third-order valence-electron chi connectivity index (χ3n) is 6.72. The average Bonchev–Trinajstić information content (AvgIpc) is 2.62. The van der Waals surface area contributed by atoms with E-state index in [9.17, 15) is 10.2 Å². The second-order valence-corrected chi connectivity index (χ2v) is 28.3. The van der Waals surface area contributed by atoms with E-state index < -0.39 is 16.1 Å². The molecular weight excluding hydrogens is 647 g/mol. The van der Waals surface area contributed by atoms with Gasteiger partial charge >= 0.3 is 0 Å². The maximum atomic E-state index is 11.4. The fourth-order valence-corrected chi connectivity index (χ4v) is 15.4. The van der Waals surface area contributed by atoms with Crippen molar-refractivity contribution >= 4 is 16.1 Å². The molecule has 0 heterocycles. The van der Waals surface area contributed by atoms with Gasteiger partial charge in [0.2, 0.25) is 0 Å². The molecule has 0 saturated heterocycles. The Kier molecular flexibility index (Phi) is 13.0. The minimum Gasteiger partial charge on any atom is -0.507 e. The van der Waals surface area contributed by atoms with Gasteiger partial charge in [-0.05, 0) is 44.9 Å². The first-order valence-electron chi connectivity index (χ1n) is 14.6. The van der Waals surface area contributed by atoms with Crippen LogP contribution in [0.5, 0.6) is 11.5 Å². The number of rotatable bonds is 3. The van der Waals surface area contributed by atoms with E-state index in [1.807, 2.05) is 0 Å². The summed E-state index contributed by atoms with van der Waals surface area (Å²) in [6.45, 7) is 40.2. The van der Waals surface area contributed by atoms with E-state index in [2.05, 4.69) is 152 Å². The molecule has 2 aromatic carbocycles. The standard InChI is InChI=1S/C28H42O2.C7H19Si2.La/c1-25(2,3)17-13-19(23(29)21(15-17)27(7,8)9)20-14-18(26(4,5)6)16-22(24(20)30)28(10,11)12;1-8(2,3)7-9(4,5)6;/h13-16,29-30H,1-12H3;7H,1-6H3;/q;-1;. The number of benzene rings is 2. The van der Waals surface area contributed by atoms with Gasteiger partial charge in [-0.1, -0.05) is 134 Å². The maximum Gasteiger partial charge on any atom is 0.127 e. The van der Waals surface area contributed by atoms with E-state index in [4.69, 9.17) is 0 Å². The van der Waals surface area contributed by atoms with Crippen LogP contribution in [0.3, 0.4) is 0 Å². The van der Waals surface area contributed by atoms with Crippen LogP contribution in [0.1, 0.15) is 105 Å². The minimum atomic E-state index is -0.856. The van der Waals surface area contributed by atoms with Crippen LogP contribution in [0, 0.1) is 41.3 Å². The van der Waals surface area contributed by atoms with Crippen LogP contribution in [-0.2, 0) is 21.7 Å². The molecule has 0 atom stereocenters. The first-order valence-corrected chi connectivity index (χ1v) is 21.7. The summed E-state index contributed by atoms with van der Waals surface area (Å²) in [4.78, 5) is 0. The Hall–Kier alpha value is -0.331. The fourth-order valence-electron chi connectivity index (χ4n) is 4.99. The zero-order chi connectivity index (χ0) is 31.2. The van der Waals surface area contributed by atoms with Gasteiger partial charge in [0.15, 0.2) is 0 Å². The smallest absolute Gasteiger partial charge is 0.127 e. The molecule has 0 spiro atoms. The summed E-state index contributed by atoms with van der Waals surface area (Å²) in [5.41, 5.74) is 7.60. The van der Waals surface area contributed by atoms with Crippen molar-refractivity contribution in [1.29, 1.82) is 0 Å². The van der Waals surface area contributed by atoms with Gasteiger partial charge in [0.1, 0.15) is 11.5 Å². The third-order valence-corrected chi connectivity index (χ3v) is 13.7. The topological polar surface area (TPSA) is 40.5 Å². The predicted octanol–water partition coefficient (Wildman–Crippen LogP) is 10.9. The molecule has 2 rings (SSSR count). The van der Waals surface area contributed by atoms with Gasteiger partial charge in [0, 0.05) is 57.9 Å². The largest absolute Gasteiger partial charge is 0.507 e. The Bertz CT molecular complexity index is 1050. The summed E-state index contributed by atoms with van der Waals surface area (Å²) in [6, 6.07) is 8.35. The Morgan fingerprint density at radius 1 is 0.475 bits per heavy atom. The van der Waals surface area contributed by atoms with E-state index in [-0.39, 0.29) is 68.8 Å². The summed E-state index contributed by atoms with van der Waals surface area (Å²) >= 11 is 0. The van der Waals surface area contributed by atoms with E-state index in [1.54, 1.807) is 0 Å². The van der Waals surface area contributed by atoms with E-state index in [0.717, 1.165) is 22.3 Å². The molecule has 1 radical (unpaired) electrons. The van der Waals surface area contributed by atoms with Gasteiger partial charge in [-0.3, -0.25) is 0 Å². The summed E-state index contributed by atoms with van der Waals surface area (Å²) in [6.07, 6.45) is 0. The zero-order valence-corrected chi connectivity index (χ0v) is 35.0. The van der Waals surface area contributed by atoms with Crippen LogP contribution >= 0.6 is 0 Å². The van der Waals surface area contributed by atoms with Crippen molar-refractivity contribution in [3.8, 4) is 22.6 Å². The summed E-state index contributed by atoms with van der Waals surface area (Å²) < 4.78 is 0. The molecule has 0 unspecified atom stereocenters. The molecule has 5 heteroatoms. The van der Waals surface area contributed by atoms with Gasteiger partial charge in [-0.15, -0.1) is 16.1 Å². The van der Waals surface area contributed by atoms with Gasteiger partial charge < -0.3 is 15.9 Å². The van der Waals surface area contributed by atoms with Crippen molar-refractivity contribution in [3.63, 3.8) is 0 Å². The summed E-state index contributed by atoms with van der Waals surface area (Å²) in [5, 5.41) is 22.7. The molecular formula is C35H61LaO2Si2-. The van der Waals surface area contributed by atoms with Crippen LogP contribution in [0.15, 0.2) is 24.3 Å². The van der Waals surface area contributed by atoms with Gasteiger partial charge in [-0.2, -0.15) is 0 Å². The second-order valence-electron chi connectivity index (χ2n) is 17.7. The van der Waals surface area contributed by atoms with Gasteiger partial charge in [0.25, 0.3) is 0 Å². The van der Waals surface area contributed by atoms with Crippen molar-refractivity contribution in [3.05, 3.63) is 52.2 Å². The van der Waals surface area contributed by atoms with E-state index >= 15 is 0 Å². The molecule has 2 N–H and O–H groups in total. The molecule has 0 fully saturated rings. The number of aromatic hydroxyl groups is 2. The molecule has 225 valence electrons.